The van der Waals surface area contributed by atoms with E-state index in [1.54, 1.807) is 36.4 Å². The van der Waals surface area contributed by atoms with Gasteiger partial charge in [0, 0.05) is 10.6 Å². The van der Waals surface area contributed by atoms with Gasteiger partial charge in [-0.1, -0.05) is 25.4 Å². The van der Waals surface area contributed by atoms with Gasteiger partial charge in [0.05, 0.1) is 10.7 Å². The number of amides is 2. The largest absolute Gasteiger partial charge is 0.507 e. The van der Waals surface area contributed by atoms with Crippen molar-refractivity contribution in [3.8, 4) is 5.75 Å². The Morgan fingerprint density at radius 3 is 2.50 bits per heavy atom. The second kappa shape index (κ2) is 10.2. The van der Waals surface area contributed by atoms with Crippen molar-refractivity contribution in [2.24, 2.45) is 11.0 Å². The van der Waals surface area contributed by atoms with Gasteiger partial charge in [0.2, 0.25) is 0 Å². The van der Waals surface area contributed by atoms with Crippen molar-refractivity contribution in [3.05, 3.63) is 63.1 Å². The summed E-state index contributed by atoms with van der Waals surface area (Å²) in [6.07, 6.45) is 1.92. The summed E-state index contributed by atoms with van der Waals surface area (Å²) in [7, 11) is 0. The molecule has 0 aromatic heterocycles. The molecule has 6 nitrogen and oxygen atoms in total. The van der Waals surface area contributed by atoms with Crippen LogP contribution in [0.25, 0.3) is 0 Å². The fourth-order valence-corrected chi connectivity index (χ4v) is 2.92. The number of aromatic hydroxyl groups is 1. The van der Waals surface area contributed by atoms with Crippen LogP contribution in [0.1, 0.15) is 36.2 Å². The van der Waals surface area contributed by atoms with E-state index in [0.29, 0.717) is 27.0 Å². The lowest BCUT2D eigenvalue weighted by atomic mass is 10.0. The number of phenolic OH excluding ortho intramolecular Hbond substituents is 1. The van der Waals surface area contributed by atoms with Crippen molar-refractivity contribution < 1.29 is 14.7 Å². The van der Waals surface area contributed by atoms with Gasteiger partial charge in [-0.3, -0.25) is 9.59 Å². The highest BCUT2D eigenvalue weighted by atomic mass is 79.9. The van der Waals surface area contributed by atoms with Crippen LogP contribution in [0.5, 0.6) is 5.75 Å². The van der Waals surface area contributed by atoms with Crippen molar-refractivity contribution in [2.45, 2.75) is 26.3 Å². The van der Waals surface area contributed by atoms with E-state index in [1.807, 2.05) is 13.8 Å². The van der Waals surface area contributed by atoms with Crippen LogP contribution in [0.15, 0.2) is 52.0 Å². The lowest BCUT2D eigenvalue weighted by molar-refractivity contribution is -0.123. The quantitative estimate of drug-likeness (QED) is 0.424. The molecular weight excluding hydrogens is 446 g/mol. The summed E-state index contributed by atoms with van der Waals surface area (Å²) in [6, 6.07) is 10.5. The van der Waals surface area contributed by atoms with Crippen molar-refractivity contribution in [3.63, 3.8) is 0 Å². The first-order valence-corrected chi connectivity index (χ1v) is 9.81. The maximum Gasteiger partial charge on any atom is 0.262 e. The van der Waals surface area contributed by atoms with E-state index in [-0.39, 0.29) is 17.6 Å². The molecule has 2 aromatic rings. The van der Waals surface area contributed by atoms with Crippen LogP contribution >= 0.6 is 27.5 Å². The zero-order valence-electron chi connectivity index (χ0n) is 15.4. The Morgan fingerprint density at radius 1 is 1.21 bits per heavy atom. The van der Waals surface area contributed by atoms with Crippen molar-refractivity contribution in [2.75, 3.05) is 0 Å². The highest BCUT2D eigenvalue weighted by molar-refractivity contribution is 9.10. The van der Waals surface area contributed by atoms with Crippen LogP contribution in [-0.2, 0) is 4.79 Å². The SMILES string of the molecule is CC(C)CC(NC(=O)c1ccc(Cl)cc1)C(=O)N/N=C/c1ccc(O)c(Br)c1. The number of carbonyl (C=O) groups is 2. The summed E-state index contributed by atoms with van der Waals surface area (Å²) in [6.45, 7) is 3.93. The minimum absolute atomic E-state index is 0.114. The van der Waals surface area contributed by atoms with E-state index in [1.165, 1.54) is 12.3 Å². The van der Waals surface area contributed by atoms with Gasteiger partial charge in [-0.15, -0.1) is 0 Å². The third kappa shape index (κ3) is 6.65. The predicted octanol–water partition coefficient (Wildman–Crippen LogP) is 4.10. The molecule has 0 heterocycles. The second-order valence-electron chi connectivity index (χ2n) is 6.61. The molecular formula is C20H21BrClN3O3. The average molecular weight is 467 g/mol. The first-order valence-electron chi connectivity index (χ1n) is 8.64. The maximum atomic E-state index is 12.5. The third-order valence-corrected chi connectivity index (χ3v) is 4.68. The summed E-state index contributed by atoms with van der Waals surface area (Å²) in [5, 5.41) is 16.7. The number of hydrogen-bond donors (Lipinski definition) is 3. The first-order chi connectivity index (χ1) is 13.3. The molecule has 0 fully saturated rings. The normalized spacial score (nSPS) is 12.2. The van der Waals surface area contributed by atoms with E-state index in [0.717, 1.165) is 0 Å². The molecule has 0 aliphatic heterocycles. The number of hydrogen-bond acceptors (Lipinski definition) is 4. The van der Waals surface area contributed by atoms with Crippen LogP contribution in [-0.4, -0.2) is 29.2 Å². The van der Waals surface area contributed by atoms with E-state index in [9.17, 15) is 14.7 Å². The van der Waals surface area contributed by atoms with Crippen LogP contribution in [0, 0.1) is 5.92 Å². The number of nitrogens with zero attached hydrogens (tertiary/aromatic N) is 1. The lowest BCUT2D eigenvalue weighted by Crippen LogP contribution is -2.46. The monoisotopic (exact) mass is 465 g/mol. The van der Waals surface area contributed by atoms with Gasteiger partial charge in [-0.25, -0.2) is 5.43 Å². The molecule has 0 saturated carbocycles. The van der Waals surface area contributed by atoms with Gasteiger partial charge >= 0.3 is 0 Å². The average Bonchev–Trinajstić information content (AvgIpc) is 2.64. The number of nitrogens with one attached hydrogen (secondary N) is 2. The Hall–Kier alpha value is -2.38. The molecule has 1 atom stereocenters. The molecule has 0 radical (unpaired) electrons. The molecule has 2 aromatic carbocycles. The number of halogens is 2. The molecule has 0 bridgehead atoms. The zero-order valence-corrected chi connectivity index (χ0v) is 17.8. The number of hydrazone groups is 1. The molecule has 8 heteroatoms. The molecule has 2 amide bonds. The van der Waals surface area contributed by atoms with Gasteiger partial charge in [0.25, 0.3) is 11.8 Å². The first kappa shape index (κ1) is 21.9. The minimum Gasteiger partial charge on any atom is -0.507 e. The van der Waals surface area contributed by atoms with E-state index >= 15 is 0 Å². The number of rotatable bonds is 7. The fourth-order valence-electron chi connectivity index (χ4n) is 2.40. The molecule has 28 heavy (non-hydrogen) atoms. The van der Waals surface area contributed by atoms with Crippen molar-refractivity contribution >= 4 is 45.6 Å². The van der Waals surface area contributed by atoms with Gasteiger partial charge in [-0.2, -0.15) is 5.10 Å². The molecule has 0 spiro atoms. The molecule has 0 saturated heterocycles. The fraction of sp³-hybridized carbons (Fsp3) is 0.250. The second-order valence-corrected chi connectivity index (χ2v) is 7.90. The van der Waals surface area contributed by atoms with Crippen LogP contribution in [0.4, 0.5) is 0 Å². The highest BCUT2D eigenvalue weighted by Gasteiger charge is 2.22. The van der Waals surface area contributed by atoms with Gasteiger partial charge < -0.3 is 10.4 Å². The Morgan fingerprint density at radius 2 is 1.89 bits per heavy atom. The summed E-state index contributed by atoms with van der Waals surface area (Å²) >= 11 is 9.06. The van der Waals surface area contributed by atoms with Gasteiger partial charge in [-0.05, 0) is 76.3 Å². The Labute approximate surface area is 177 Å². The van der Waals surface area contributed by atoms with Crippen LogP contribution < -0.4 is 10.7 Å². The topological polar surface area (TPSA) is 90.8 Å². The Bertz CT molecular complexity index is 869. The predicted molar refractivity (Wildman–Crippen MR) is 114 cm³/mol. The zero-order chi connectivity index (χ0) is 20.7. The maximum absolute atomic E-state index is 12.5. The molecule has 1 unspecified atom stereocenters. The molecule has 0 aliphatic carbocycles. The standard InChI is InChI=1S/C20H21BrClN3O3/c1-12(2)9-17(24-19(27)14-4-6-15(22)7-5-14)20(28)25-23-11-13-3-8-18(26)16(21)10-13/h3-8,10-12,17,26H,9H2,1-2H3,(H,24,27)(H,25,28)/b23-11+. The number of carbonyl (C=O) groups excluding carboxylic acids is 2. The lowest BCUT2D eigenvalue weighted by Gasteiger charge is -2.19. The van der Waals surface area contributed by atoms with Crippen LogP contribution in [0.2, 0.25) is 5.02 Å². The van der Waals surface area contributed by atoms with Crippen LogP contribution in [0.3, 0.4) is 0 Å². The van der Waals surface area contributed by atoms with E-state index < -0.39 is 11.9 Å². The Balaban J connectivity index is 2.03. The van der Waals surface area contributed by atoms with Gasteiger partial charge in [0.1, 0.15) is 11.8 Å². The molecule has 2 rings (SSSR count). The Kier molecular flexibility index (Phi) is 8.02. The van der Waals surface area contributed by atoms with Crippen molar-refractivity contribution in [1.29, 1.82) is 0 Å². The molecule has 0 aliphatic rings. The smallest absolute Gasteiger partial charge is 0.262 e. The summed E-state index contributed by atoms with van der Waals surface area (Å²) in [5.41, 5.74) is 3.56. The van der Waals surface area contributed by atoms with Gasteiger partial charge in [0.15, 0.2) is 0 Å². The minimum atomic E-state index is -0.730. The summed E-state index contributed by atoms with van der Waals surface area (Å²) in [5.74, 6) is -0.463. The van der Waals surface area contributed by atoms with Crippen molar-refractivity contribution in [1.82, 2.24) is 10.7 Å². The summed E-state index contributed by atoms with van der Waals surface area (Å²) in [4.78, 5) is 24.9. The number of benzene rings is 2. The van der Waals surface area contributed by atoms with E-state index in [4.69, 9.17) is 11.6 Å². The third-order valence-electron chi connectivity index (χ3n) is 3.80. The molecule has 148 valence electrons. The highest BCUT2D eigenvalue weighted by Crippen LogP contribution is 2.23. The molecule has 3 N–H and O–H groups in total. The number of phenols is 1. The van der Waals surface area contributed by atoms with E-state index in [2.05, 4.69) is 31.8 Å². The summed E-state index contributed by atoms with van der Waals surface area (Å²) < 4.78 is 0.524.